The fourth-order valence-corrected chi connectivity index (χ4v) is 2.14. The van der Waals surface area contributed by atoms with Crippen LogP contribution in [0.5, 0.6) is 0 Å². The predicted octanol–water partition coefficient (Wildman–Crippen LogP) is 5.02. The Balaban J connectivity index is 2.78. The van der Waals surface area contributed by atoms with Crippen molar-refractivity contribution in [1.82, 2.24) is 0 Å². The summed E-state index contributed by atoms with van der Waals surface area (Å²) in [6.45, 7) is 0. The number of alkyl halides is 6. The first-order valence-electron chi connectivity index (χ1n) is 6.41. The molecule has 24 heavy (non-hydrogen) atoms. The Bertz CT molecular complexity index is 723. The van der Waals surface area contributed by atoms with Crippen LogP contribution in [0.2, 0.25) is 0 Å². The highest BCUT2D eigenvalue weighted by Crippen LogP contribution is 2.37. The average Bonchev–Trinajstić information content (AvgIpc) is 2.51. The number of hydrogen-bond acceptors (Lipinski definition) is 2. The lowest BCUT2D eigenvalue weighted by Gasteiger charge is -2.14. The zero-order valence-electron chi connectivity index (χ0n) is 11.7. The molecule has 0 bridgehead atoms. The Labute approximate surface area is 131 Å². The van der Waals surface area contributed by atoms with Crippen molar-refractivity contribution in [2.75, 3.05) is 0 Å². The first-order valence-corrected chi connectivity index (χ1v) is 6.41. The quantitative estimate of drug-likeness (QED) is 0.578. The van der Waals surface area contributed by atoms with E-state index in [2.05, 4.69) is 0 Å². The van der Waals surface area contributed by atoms with E-state index in [1.54, 1.807) is 0 Å². The topological polar surface area (TPSA) is 34.1 Å². The van der Waals surface area contributed by atoms with Gasteiger partial charge in [0.15, 0.2) is 12.6 Å². The van der Waals surface area contributed by atoms with E-state index in [0.717, 1.165) is 12.1 Å². The number of carbonyl (C=O) groups is 2. The molecule has 0 aliphatic heterocycles. The summed E-state index contributed by atoms with van der Waals surface area (Å²) in [6.07, 6.45) is -9.08. The van der Waals surface area contributed by atoms with Gasteiger partial charge in [0.25, 0.3) is 0 Å². The number of benzene rings is 2. The summed E-state index contributed by atoms with van der Waals surface area (Å²) < 4.78 is 77.0. The molecule has 0 aromatic heterocycles. The first kappa shape index (κ1) is 17.7. The van der Waals surface area contributed by atoms with Crippen molar-refractivity contribution in [2.24, 2.45) is 0 Å². The van der Waals surface area contributed by atoms with Gasteiger partial charge >= 0.3 is 12.4 Å². The molecule has 2 aromatic carbocycles. The summed E-state index contributed by atoms with van der Waals surface area (Å²) in [5, 5.41) is 0. The molecule has 2 rings (SSSR count). The third-order valence-corrected chi connectivity index (χ3v) is 3.31. The fourth-order valence-electron chi connectivity index (χ4n) is 2.14. The van der Waals surface area contributed by atoms with E-state index in [1.807, 2.05) is 0 Å². The molecule has 0 aliphatic rings. The van der Waals surface area contributed by atoms with Crippen LogP contribution in [0.3, 0.4) is 0 Å². The van der Waals surface area contributed by atoms with Crippen molar-refractivity contribution in [3.05, 3.63) is 58.7 Å². The van der Waals surface area contributed by atoms with E-state index in [4.69, 9.17) is 0 Å². The van der Waals surface area contributed by atoms with E-state index >= 15 is 0 Å². The molecule has 0 spiro atoms. The number of hydrogen-bond donors (Lipinski definition) is 0. The molecule has 0 amide bonds. The lowest BCUT2D eigenvalue weighted by molar-refractivity contribution is -0.138. The van der Waals surface area contributed by atoms with Crippen LogP contribution in [-0.4, -0.2) is 12.6 Å². The predicted molar refractivity (Wildman–Crippen MR) is 72.7 cm³/mol. The minimum atomic E-state index is -4.75. The van der Waals surface area contributed by atoms with Crippen LogP contribution in [0.1, 0.15) is 31.8 Å². The van der Waals surface area contributed by atoms with E-state index in [-0.39, 0.29) is 23.7 Å². The Morgan fingerprint density at radius 1 is 0.625 bits per heavy atom. The van der Waals surface area contributed by atoms with Gasteiger partial charge in [0.2, 0.25) is 0 Å². The molecule has 0 aliphatic carbocycles. The third-order valence-electron chi connectivity index (χ3n) is 3.31. The number of rotatable bonds is 3. The highest BCUT2D eigenvalue weighted by molar-refractivity contribution is 5.94. The molecule has 0 radical (unpaired) electrons. The Morgan fingerprint density at radius 2 is 0.958 bits per heavy atom. The van der Waals surface area contributed by atoms with E-state index in [1.165, 1.54) is 0 Å². The molecule has 2 aromatic rings. The monoisotopic (exact) mass is 346 g/mol. The Hall–Kier alpha value is -2.64. The number of carbonyl (C=O) groups excluding carboxylic acids is 2. The van der Waals surface area contributed by atoms with Gasteiger partial charge in [0.1, 0.15) is 0 Å². The lowest BCUT2D eigenvalue weighted by atomic mass is 9.92. The smallest absolute Gasteiger partial charge is 0.298 e. The van der Waals surface area contributed by atoms with Gasteiger partial charge < -0.3 is 0 Å². The normalized spacial score (nSPS) is 12.1. The van der Waals surface area contributed by atoms with Crippen molar-refractivity contribution >= 4 is 12.6 Å². The van der Waals surface area contributed by atoms with Crippen molar-refractivity contribution in [3.8, 4) is 11.1 Å². The molecule has 0 atom stereocenters. The van der Waals surface area contributed by atoms with Crippen LogP contribution in [0.4, 0.5) is 26.3 Å². The van der Waals surface area contributed by atoms with Crippen LogP contribution in [-0.2, 0) is 12.4 Å². The molecule has 0 saturated heterocycles. The SMILES string of the molecule is O=Cc1ccc(C(F)(F)F)cc1-c1cc(C(F)(F)F)ccc1C=O. The minimum absolute atomic E-state index is 0.213. The van der Waals surface area contributed by atoms with E-state index < -0.39 is 34.6 Å². The zero-order valence-corrected chi connectivity index (χ0v) is 11.7. The van der Waals surface area contributed by atoms with Gasteiger partial charge in [-0.05, 0) is 35.4 Å². The zero-order chi connectivity index (χ0) is 18.1. The highest BCUT2D eigenvalue weighted by Gasteiger charge is 2.33. The van der Waals surface area contributed by atoms with Crippen LogP contribution in [0.15, 0.2) is 36.4 Å². The van der Waals surface area contributed by atoms with Crippen molar-refractivity contribution < 1.29 is 35.9 Å². The summed E-state index contributed by atoms with van der Waals surface area (Å²) in [4.78, 5) is 22.1. The molecular weight excluding hydrogens is 338 g/mol. The van der Waals surface area contributed by atoms with Gasteiger partial charge in [0.05, 0.1) is 11.1 Å². The molecular formula is C16H8F6O2. The molecule has 0 heterocycles. The van der Waals surface area contributed by atoms with Gasteiger partial charge in [0, 0.05) is 11.1 Å². The van der Waals surface area contributed by atoms with Crippen LogP contribution in [0, 0.1) is 0 Å². The summed E-state index contributed by atoms with van der Waals surface area (Å²) in [5.74, 6) is 0. The maximum atomic E-state index is 12.8. The molecule has 0 saturated carbocycles. The molecule has 0 unspecified atom stereocenters. The lowest BCUT2D eigenvalue weighted by Crippen LogP contribution is -2.08. The Kier molecular flexibility index (Phi) is 4.50. The van der Waals surface area contributed by atoms with Crippen LogP contribution < -0.4 is 0 Å². The summed E-state index contributed by atoms with van der Waals surface area (Å²) in [5.41, 5.74) is -3.59. The van der Waals surface area contributed by atoms with Crippen LogP contribution in [0.25, 0.3) is 11.1 Å². The Morgan fingerprint density at radius 3 is 1.21 bits per heavy atom. The second-order valence-electron chi connectivity index (χ2n) is 4.84. The second kappa shape index (κ2) is 6.10. The van der Waals surface area contributed by atoms with Gasteiger partial charge in [-0.2, -0.15) is 26.3 Å². The van der Waals surface area contributed by atoms with Gasteiger partial charge in [-0.25, -0.2) is 0 Å². The first-order chi connectivity index (χ1) is 11.1. The van der Waals surface area contributed by atoms with Gasteiger partial charge in [-0.3, -0.25) is 9.59 Å². The van der Waals surface area contributed by atoms with Gasteiger partial charge in [-0.15, -0.1) is 0 Å². The summed E-state index contributed by atoms with van der Waals surface area (Å²) in [6, 6.07) is 4.07. The van der Waals surface area contributed by atoms with E-state index in [0.29, 0.717) is 24.3 Å². The molecule has 0 fully saturated rings. The van der Waals surface area contributed by atoms with Crippen LogP contribution >= 0.6 is 0 Å². The molecule has 8 heteroatoms. The third kappa shape index (κ3) is 3.47. The van der Waals surface area contributed by atoms with Crippen molar-refractivity contribution in [1.29, 1.82) is 0 Å². The fraction of sp³-hybridized carbons (Fsp3) is 0.125. The largest absolute Gasteiger partial charge is 0.416 e. The minimum Gasteiger partial charge on any atom is -0.298 e. The second-order valence-corrected chi connectivity index (χ2v) is 4.84. The summed E-state index contributed by atoms with van der Waals surface area (Å²) >= 11 is 0. The van der Waals surface area contributed by atoms with E-state index in [9.17, 15) is 35.9 Å². The maximum Gasteiger partial charge on any atom is 0.416 e. The summed E-state index contributed by atoms with van der Waals surface area (Å²) in [7, 11) is 0. The highest BCUT2D eigenvalue weighted by atomic mass is 19.4. The standard InChI is InChI=1S/C16H8F6O2/c17-15(18,19)11-3-1-9(7-23)13(5-11)14-6-12(16(20,21)22)4-2-10(14)8-24/h1-8H. The molecule has 126 valence electrons. The number of halogens is 6. The number of aldehydes is 2. The van der Waals surface area contributed by atoms with Gasteiger partial charge in [-0.1, -0.05) is 12.1 Å². The molecule has 2 nitrogen and oxygen atoms in total. The maximum absolute atomic E-state index is 12.8. The molecule has 0 N–H and O–H groups in total. The average molecular weight is 346 g/mol. The van der Waals surface area contributed by atoms with Crippen molar-refractivity contribution in [3.63, 3.8) is 0 Å². The van der Waals surface area contributed by atoms with Crippen molar-refractivity contribution in [2.45, 2.75) is 12.4 Å².